The molecule has 2 aliphatic rings. The number of fused-ring (bicyclic) bond motifs is 1. The Hall–Kier alpha value is -1.55. The summed E-state index contributed by atoms with van der Waals surface area (Å²) in [5.41, 5.74) is 9.57. The van der Waals surface area contributed by atoms with Crippen LogP contribution in [0.15, 0.2) is 23.0 Å². The molecule has 0 aliphatic heterocycles. The Morgan fingerprint density at radius 2 is 2.16 bits per heavy atom. The van der Waals surface area contributed by atoms with Crippen molar-refractivity contribution in [2.24, 2.45) is 5.73 Å². The number of nitrogens with one attached hydrogen (secondary N) is 1. The van der Waals surface area contributed by atoms with E-state index in [0.717, 1.165) is 36.7 Å². The van der Waals surface area contributed by atoms with E-state index in [9.17, 15) is 4.79 Å². The summed E-state index contributed by atoms with van der Waals surface area (Å²) in [5, 5.41) is 0. The van der Waals surface area contributed by atoms with Crippen LogP contribution in [-0.4, -0.2) is 15.6 Å². The Bertz CT molecular complexity index is 702. The van der Waals surface area contributed by atoms with Crippen LogP contribution >= 0.6 is 0 Å². The van der Waals surface area contributed by atoms with Crippen molar-refractivity contribution in [2.45, 2.75) is 50.1 Å². The number of hydrogen-bond donors (Lipinski definition) is 2. The van der Waals surface area contributed by atoms with E-state index in [2.05, 4.69) is 30.1 Å². The summed E-state index contributed by atoms with van der Waals surface area (Å²) in [6.45, 7) is 2.08. The number of aromatic nitrogens is 2. The molecule has 1 aromatic heterocycles. The van der Waals surface area contributed by atoms with Crippen molar-refractivity contribution < 1.29 is 0 Å². The van der Waals surface area contributed by atoms with E-state index in [-0.39, 0.29) is 17.1 Å². The molecule has 19 heavy (non-hydrogen) atoms. The molecule has 0 bridgehead atoms. The molecule has 0 spiro atoms. The summed E-state index contributed by atoms with van der Waals surface area (Å²) >= 11 is 0. The van der Waals surface area contributed by atoms with Crippen LogP contribution in [0.2, 0.25) is 0 Å². The van der Waals surface area contributed by atoms with E-state index in [4.69, 9.17) is 5.73 Å². The number of hydrogen-bond acceptors (Lipinski definition) is 2. The maximum atomic E-state index is 12.0. The molecule has 4 rings (SSSR count). The van der Waals surface area contributed by atoms with E-state index >= 15 is 0 Å². The first kappa shape index (κ1) is 11.3. The number of rotatable bonds is 3. The quantitative estimate of drug-likeness (QED) is 0.883. The Morgan fingerprint density at radius 3 is 2.74 bits per heavy atom. The molecule has 1 atom stereocenters. The third-order valence-electron chi connectivity index (χ3n) is 4.86. The Balaban J connectivity index is 1.87. The molecule has 1 heterocycles. The zero-order chi connectivity index (χ0) is 13.2. The lowest BCUT2D eigenvalue weighted by Gasteiger charge is -2.20. The van der Waals surface area contributed by atoms with Crippen molar-refractivity contribution in [3.8, 4) is 0 Å². The maximum Gasteiger partial charge on any atom is 0.326 e. The van der Waals surface area contributed by atoms with Gasteiger partial charge in [0.25, 0.3) is 0 Å². The second-order valence-corrected chi connectivity index (χ2v) is 6.21. The number of nitrogens with zero attached hydrogens (tertiary/aromatic N) is 1. The molecule has 100 valence electrons. The fraction of sp³-hybridized carbons (Fsp3) is 0.533. The highest BCUT2D eigenvalue weighted by Gasteiger charge is 2.47. The minimum Gasteiger partial charge on any atom is -0.327 e. The molecule has 0 amide bonds. The summed E-state index contributed by atoms with van der Waals surface area (Å²) in [5.74, 6) is 0. The molecular formula is C15H19N3O. The van der Waals surface area contributed by atoms with Gasteiger partial charge >= 0.3 is 5.69 Å². The topological polar surface area (TPSA) is 63.8 Å². The van der Waals surface area contributed by atoms with Crippen LogP contribution in [0, 0.1) is 0 Å². The Kier molecular flexibility index (Phi) is 2.09. The van der Waals surface area contributed by atoms with Gasteiger partial charge in [-0.1, -0.05) is 6.07 Å². The Labute approximate surface area is 111 Å². The van der Waals surface area contributed by atoms with E-state index in [0.29, 0.717) is 6.04 Å². The highest BCUT2D eigenvalue weighted by atomic mass is 16.1. The second-order valence-electron chi connectivity index (χ2n) is 6.21. The standard InChI is InChI=1S/C15H19N3O/c1-9(16)15(6-7-15)10-2-5-13-12(8-10)17-14(19)18(13)11-3-4-11/h2,5,8-9,11H,3-4,6-7,16H2,1H3,(H,17,19). The zero-order valence-corrected chi connectivity index (χ0v) is 11.1. The largest absolute Gasteiger partial charge is 0.327 e. The van der Waals surface area contributed by atoms with Crippen LogP contribution in [-0.2, 0) is 5.41 Å². The van der Waals surface area contributed by atoms with Crippen molar-refractivity contribution in [1.29, 1.82) is 0 Å². The lowest BCUT2D eigenvalue weighted by Crippen LogP contribution is -2.31. The summed E-state index contributed by atoms with van der Waals surface area (Å²) in [6.07, 6.45) is 4.56. The van der Waals surface area contributed by atoms with E-state index < -0.39 is 0 Å². The lowest BCUT2D eigenvalue weighted by molar-refractivity contribution is 0.557. The molecule has 4 heteroatoms. The minimum absolute atomic E-state index is 0.0280. The number of aromatic amines is 1. The van der Waals surface area contributed by atoms with Crippen LogP contribution in [0.25, 0.3) is 11.0 Å². The molecule has 2 fully saturated rings. The summed E-state index contributed by atoms with van der Waals surface area (Å²) < 4.78 is 1.91. The van der Waals surface area contributed by atoms with Gasteiger partial charge < -0.3 is 10.7 Å². The molecule has 2 aliphatic carbocycles. The highest BCUT2D eigenvalue weighted by molar-refractivity contribution is 5.77. The first-order valence-electron chi connectivity index (χ1n) is 7.12. The van der Waals surface area contributed by atoms with Crippen LogP contribution < -0.4 is 11.4 Å². The van der Waals surface area contributed by atoms with Crippen molar-refractivity contribution in [1.82, 2.24) is 9.55 Å². The predicted octanol–water partition coefficient (Wildman–Crippen LogP) is 2.04. The molecule has 1 unspecified atom stereocenters. The molecule has 0 radical (unpaired) electrons. The summed E-state index contributed by atoms with van der Waals surface area (Å²) in [4.78, 5) is 15.0. The second kappa shape index (κ2) is 3.51. The molecule has 4 nitrogen and oxygen atoms in total. The van der Waals surface area contributed by atoms with Gasteiger partial charge in [0.1, 0.15) is 0 Å². The number of benzene rings is 1. The van der Waals surface area contributed by atoms with Crippen molar-refractivity contribution in [2.75, 3.05) is 0 Å². The van der Waals surface area contributed by atoms with Crippen molar-refractivity contribution in [3.63, 3.8) is 0 Å². The van der Waals surface area contributed by atoms with Crippen molar-refractivity contribution in [3.05, 3.63) is 34.2 Å². The smallest absolute Gasteiger partial charge is 0.326 e. The SMILES string of the molecule is CC(N)C1(c2ccc3c(c2)[nH]c(=O)n3C2CC2)CC1. The molecule has 3 N–H and O–H groups in total. The molecule has 0 saturated heterocycles. The van der Waals surface area contributed by atoms with Crippen LogP contribution in [0.3, 0.4) is 0 Å². The van der Waals surface area contributed by atoms with Crippen LogP contribution in [0.5, 0.6) is 0 Å². The van der Waals surface area contributed by atoms with Crippen LogP contribution in [0.4, 0.5) is 0 Å². The van der Waals surface area contributed by atoms with Gasteiger partial charge in [0.15, 0.2) is 0 Å². The van der Waals surface area contributed by atoms with Gasteiger partial charge in [0.05, 0.1) is 11.0 Å². The van der Waals surface area contributed by atoms with Crippen LogP contribution in [0.1, 0.15) is 44.2 Å². The first-order valence-corrected chi connectivity index (χ1v) is 7.12. The molecule has 2 aromatic rings. The monoisotopic (exact) mass is 257 g/mol. The van der Waals surface area contributed by atoms with E-state index in [1.165, 1.54) is 5.56 Å². The fourth-order valence-corrected chi connectivity index (χ4v) is 3.28. The van der Waals surface area contributed by atoms with Gasteiger partial charge in [-0.05, 0) is 50.3 Å². The molecule has 1 aromatic carbocycles. The summed E-state index contributed by atoms with van der Waals surface area (Å²) in [7, 11) is 0. The minimum atomic E-state index is 0.0280. The van der Waals surface area contributed by atoms with Gasteiger partial charge in [0, 0.05) is 17.5 Å². The number of nitrogens with two attached hydrogens (primary N) is 1. The molecular weight excluding hydrogens is 238 g/mol. The number of imidazole rings is 1. The van der Waals surface area contributed by atoms with Crippen molar-refractivity contribution >= 4 is 11.0 Å². The Morgan fingerprint density at radius 1 is 1.42 bits per heavy atom. The maximum absolute atomic E-state index is 12.0. The van der Waals surface area contributed by atoms with Gasteiger partial charge in [-0.15, -0.1) is 0 Å². The summed E-state index contributed by atoms with van der Waals surface area (Å²) in [6, 6.07) is 6.96. The van der Waals surface area contributed by atoms with Gasteiger partial charge in [0.2, 0.25) is 0 Å². The van der Waals surface area contributed by atoms with Gasteiger partial charge in [-0.2, -0.15) is 0 Å². The first-order chi connectivity index (χ1) is 9.12. The van der Waals surface area contributed by atoms with Gasteiger partial charge in [-0.25, -0.2) is 4.79 Å². The third kappa shape index (κ3) is 1.53. The zero-order valence-electron chi connectivity index (χ0n) is 11.1. The fourth-order valence-electron chi connectivity index (χ4n) is 3.28. The predicted molar refractivity (Wildman–Crippen MR) is 75.4 cm³/mol. The van der Waals surface area contributed by atoms with E-state index in [1.807, 2.05) is 4.57 Å². The lowest BCUT2D eigenvalue weighted by atomic mass is 9.89. The highest BCUT2D eigenvalue weighted by Crippen LogP contribution is 2.50. The average Bonchev–Trinajstić information content (AvgIpc) is 3.24. The average molecular weight is 257 g/mol. The number of H-pyrrole nitrogens is 1. The van der Waals surface area contributed by atoms with E-state index in [1.54, 1.807) is 0 Å². The third-order valence-corrected chi connectivity index (χ3v) is 4.86. The molecule has 2 saturated carbocycles. The van der Waals surface area contributed by atoms with Gasteiger partial charge in [-0.3, -0.25) is 4.57 Å². The normalized spacial score (nSPS) is 22.6.